The van der Waals surface area contributed by atoms with Gasteiger partial charge in [0.2, 0.25) is 11.8 Å². The largest absolute Gasteiger partial charge is 0.333 e. The quantitative estimate of drug-likeness (QED) is 0.470. The van der Waals surface area contributed by atoms with E-state index in [1.54, 1.807) is 19.1 Å². The van der Waals surface area contributed by atoms with Gasteiger partial charge in [0, 0.05) is 18.1 Å². The van der Waals surface area contributed by atoms with Crippen LogP contribution in [0.15, 0.2) is 24.3 Å². The molecule has 4 rings (SSSR count). The van der Waals surface area contributed by atoms with Gasteiger partial charge in [-0.15, -0.1) is 0 Å². The predicted molar refractivity (Wildman–Crippen MR) is 68.6 cm³/mol. The summed E-state index contributed by atoms with van der Waals surface area (Å²) in [6.07, 6.45) is 0.524. The maximum absolute atomic E-state index is 12.0. The third-order valence-electron chi connectivity index (χ3n) is 3.90. The molecule has 0 unspecified atom stereocenters. The molecule has 2 amide bonds. The van der Waals surface area contributed by atoms with Gasteiger partial charge in [0.25, 0.3) is 5.69 Å². The zero-order chi connectivity index (χ0) is 14.5. The van der Waals surface area contributed by atoms with Gasteiger partial charge in [-0.2, -0.15) is 0 Å². The van der Waals surface area contributed by atoms with Crippen molar-refractivity contribution in [3.05, 3.63) is 39.9 Å². The fourth-order valence-electron chi connectivity index (χ4n) is 3.05. The Hall–Kier alpha value is -2.44. The molecule has 3 saturated heterocycles. The minimum atomic E-state index is -0.821. The van der Waals surface area contributed by atoms with Crippen LogP contribution in [0.2, 0.25) is 0 Å². The number of hydrogen-bond acceptors (Lipinski definition) is 4. The van der Waals surface area contributed by atoms with Gasteiger partial charge in [0.15, 0.2) is 0 Å². The Bertz CT molecular complexity index is 610. The molecule has 3 heterocycles. The summed E-state index contributed by atoms with van der Waals surface area (Å²) in [5.74, 6) is -1.79. The van der Waals surface area contributed by atoms with Crippen molar-refractivity contribution in [2.45, 2.75) is 24.9 Å². The molecule has 0 spiro atoms. The Labute approximate surface area is 114 Å². The molecule has 0 radical (unpaired) electrons. The maximum Gasteiger partial charge on any atom is 0.269 e. The number of rotatable bonds is 2. The molecule has 7 nitrogen and oxygen atoms in total. The van der Waals surface area contributed by atoms with Gasteiger partial charge in [0.1, 0.15) is 11.6 Å². The second-order valence-electron chi connectivity index (χ2n) is 5.45. The van der Waals surface area contributed by atoms with Gasteiger partial charge in [-0.25, -0.2) is 0 Å². The van der Waals surface area contributed by atoms with Crippen LogP contribution in [0.25, 0.3) is 0 Å². The number of benzene rings is 1. The molecule has 104 valence electrons. The molecule has 3 aliphatic heterocycles. The van der Waals surface area contributed by atoms with Crippen LogP contribution in [-0.4, -0.2) is 22.4 Å². The van der Waals surface area contributed by atoms with Crippen molar-refractivity contribution in [2.75, 3.05) is 0 Å². The van der Waals surface area contributed by atoms with Gasteiger partial charge in [-0.3, -0.25) is 19.7 Å². The van der Waals surface area contributed by atoms with Crippen LogP contribution in [0, 0.1) is 16.0 Å². The first kappa shape index (κ1) is 12.6. The van der Waals surface area contributed by atoms with E-state index >= 15 is 0 Å². The highest BCUT2D eigenvalue weighted by Gasteiger charge is 2.53. The summed E-state index contributed by atoms with van der Waals surface area (Å²) in [5, 5.41) is 16.3. The number of fused-ring (bicyclic) bond motifs is 3. The molecule has 3 aliphatic rings. The van der Waals surface area contributed by atoms with Crippen molar-refractivity contribution >= 4 is 17.5 Å². The highest BCUT2D eigenvalue weighted by Crippen LogP contribution is 2.41. The van der Waals surface area contributed by atoms with Crippen LogP contribution >= 0.6 is 0 Å². The molecule has 2 N–H and O–H groups in total. The summed E-state index contributed by atoms with van der Waals surface area (Å²) in [6.45, 7) is 1.74. The molecular formula is C13H13N3O4. The molecule has 20 heavy (non-hydrogen) atoms. The standard InChI is InChI=1S/C13H13N3O4/c1-13-6-9(10(11(17)14-13)12(18)15-13)7-3-2-4-8(5-7)16(19)20/h2-5,9-10H,6H2,1H3,(H,14,17)(H,15,18)/t9-,10?,13?/m0/s1. The number of non-ortho nitro benzene ring substituents is 1. The first-order chi connectivity index (χ1) is 9.39. The third kappa shape index (κ3) is 1.82. The van der Waals surface area contributed by atoms with Gasteiger partial charge >= 0.3 is 0 Å². The van der Waals surface area contributed by atoms with E-state index in [1.165, 1.54) is 12.1 Å². The van der Waals surface area contributed by atoms with Gasteiger partial charge in [-0.05, 0) is 18.9 Å². The van der Waals surface area contributed by atoms with E-state index < -0.39 is 16.5 Å². The normalized spacial score (nSPS) is 31.6. The Kier molecular flexibility index (Phi) is 2.53. The lowest BCUT2D eigenvalue weighted by Gasteiger charge is -2.48. The van der Waals surface area contributed by atoms with Crippen LogP contribution in [0.1, 0.15) is 24.8 Å². The molecule has 0 aliphatic carbocycles. The first-order valence-electron chi connectivity index (χ1n) is 6.28. The molecule has 1 atom stereocenters. The number of carbonyl (C=O) groups is 2. The number of nitrogens with one attached hydrogen (secondary N) is 2. The van der Waals surface area contributed by atoms with Crippen molar-refractivity contribution in [1.82, 2.24) is 10.6 Å². The fraction of sp³-hybridized carbons (Fsp3) is 0.385. The minimum absolute atomic E-state index is 0.0325. The summed E-state index contributed by atoms with van der Waals surface area (Å²) in [7, 11) is 0. The van der Waals surface area contributed by atoms with E-state index in [9.17, 15) is 19.7 Å². The Balaban J connectivity index is 2.02. The first-order valence-corrected chi connectivity index (χ1v) is 6.28. The van der Waals surface area contributed by atoms with Crippen LogP contribution < -0.4 is 10.6 Å². The Morgan fingerprint density at radius 2 is 1.95 bits per heavy atom. The molecule has 1 aromatic rings. The van der Waals surface area contributed by atoms with Gasteiger partial charge in [0.05, 0.1) is 4.92 Å². The van der Waals surface area contributed by atoms with E-state index in [-0.39, 0.29) is 23.4 Å². The van der Waals surface area contributed by atoms with E-state index in [4.69, 9.17) is 0 Å². The molecular weight excluding hydrogens is 262 g/mol. The molecule has 0 aromatic heterocycles. The predicted octanol–water partition coefficient (Wildman–Crippen LogP) is 0.660. The summed E-state index contributed by atoms with van der Waals surface area (Å²) < 4.78 is 0. The average molecular weight is 275 g/mol. The van der Waals surface area contributed by atoms with E-state index in [2.05, 4.69) is 10.6 Å². The summed E-state index contributed by atoms with van der Waals surface area (Å²) in [4.78, 5) is 34.3. The topological polar surface area (TPSA) is 101 Å². The number of piperidine rings is 2. The third-order valence-corrected chi connectivity index (χ3v) is 3.90. The van der Waals surface area contributed by atoms with Crippen LogP contribution in [-0.2, 0) is 9.59 Å². The lowest BCUT2D eigenvalue weighted by Crippen LogP contribution is -2.72. The van der Waals surface area contributed by atoms with Gasteiger partial charge in [-0.1, -0.05) is 12.1 Å². The molecule has 1 aromatic carbocycles. The second kappa shape index (κ2) is 4.03. The van der Waals surface area contributed by atoms with Crippen molar-refractivity contribution in [2.24, 2.45) is 5.92 Å². The lowest BCUT2D eigenvalue weighted by atomic mass is 9.72. The van der Waals surface area contributed by atoms with E-state index in [0.717, 1.165) is 0 Å². The number of nitrogens with zero attached hydrogens (tertiary/aromatic N) is 1. The lowest BCUT2D eigenvalue weighted by molar-refractivity contribution is -0.384. The molecule has 3 fully saturated rings. The SMILES string of the molecule is CC12C[C@@H](c3cccc([N+](=O)[O-])c3)C(C(=O)N1)C(=O)N2. The highest BCUT2D eigenvalue weighted by molar-refractivity contribution is 6.05. The zero-order valence-electron chi connectivity index (χ0n) is 10.8. The van der Waals surface area contributed by atoms with Crippen molar-refractivity contribution in [3.8, 4) is 0 Å². The van der Waals surface area contributed by atoms with Gasteiger partial charge < -0.3 is 10.6 Å². The maximum atomic E-state index is 12.0. The number of hydrogen-bond donors (Lipinski definition) is 2. The Morgan fingerprint density at radius 1 is 1.30 bits per heavy atom. The smallest absolute Gasteiger partial charge is 0.269 e. The summed E-state index contributed by atoms with van der Waals surface area (Å²) >= 11 is 0. The number of carbonyl (C=O) groups excluding carboxylic acids is 2. The number of amides is 2. The summed E-state index contributed by atoms with van der Waals surface area (Å²) in [6, 6.07) is 6.14. The molecule has 2 bridgehead atoms. The van der Waals surface area contributed by atoms with E-state index in [0.29, 0.717) is 12.0 Å². The van der Waals surface area contributed by atoms with Crippen LogP contribution in [0.3, 0.4) is 0 Å². The van der Waals surface area contributed by atoms with Crippen molar-refractivity contribution in [3.63, 3.8) is 0 Å². The Morgan fingerprint density at radius 3 is 2.50 bits per heavy atom. The second-order valence-corrected chi connectivity index (χ2v) is 5.45. The highest BCUT2D eigenvalue weighted by atomic mass is 16.6. The summed E-state index contributed by atoms with van der Waals surface area (Å²) in [5.41, 5.74) is -0.159. The zero-order valence-corrected chi connectivity index (χ0v) is 10.8. The van der Waals surface area contributed by atoms with Crippen molar-refractivity contribution in [1.29, 1.82) is 0 Å². The van der Waals surface area contributed by atoms with Crippen LogP contribution in [0.4, 0.5) is 5.69 Å². The minimum Gasteiger partial charge on any atom is -0.333 e. The molecule has 0 saturated carbocycles. The monoisotopic (exact) mass is 275 g/mol. The number of nitro benzene ring substituents is 1. The van der Waals surface area contributed by atoms with Crippen molar-refractivity contribution < 1.29 is 14.5 Å². The fourth-order valence-corrected chi connectivity index (χ4v) is 3.05. The van der Waals surface area contributed by atoms with Crippen LogP contribution in [0.5, 0.6) is 0 Å². The average Bonchev–Trinajstić information content (AvgIpc) is 2.36. The van der Waals surface area contributed by atoms with E-state index in [1.807, 2.05) is 0 Å². The number of nitro groups is 1. The molecule has 7 heteroatoms.